The molecule has 136 valence electrons. The monoisotopic (exact) mass is 384 g/mol. The van der Waals surface area contributed by atoms with E-state index in [4.69, 9.17) is 11.6 Å². The first kappa shape index (κ1) is 18.4. The fourth-order valence-corrected chi connectivity index (χ4v) is 3.22. The summed E-state index contributed by atoms with van der Waals surface area (Å²) in [5.41, 5.74) is 0.266. The number of hydrogen-bond donors (Lipinski definition) is 1. The van der Waals surface area contributed by atoms with Gasteiger partial charge in [-0.1, -0.05) is 11.6 Å². The summed E-state index contributed by atoms with van der Waals surface area (Å²) in [5.74, 6) is -4.11. The Kier molecular flexibility index (Phi) is 4.77. The van der Waals surface area contributed by atoms with Crippen LogP contribution in [0.25, 0.3) is 11.3 Å². The molecule has 0 aliphatic heterocycles. The molecule has 0 saturated carbocycles. The minimum atomic E-state index is -1.76. The zero-order valence-corrected chi connectivity index (χ0v) is 14.5. The summed E-state index contributed by atoms with van der Waals surface area (Å²) in [6.07, 6.45) is -1.76. The zero-order valence-electron chi connectivity index (χ0n) is 13.7. The molecule has 1 N–H and O–H groups in total. The van der Waals surface area contributed by atoms with Gasteiger partial charge in [0.05, 0.1) is 22.0 Å². The molecule has 1 heterocycles. The van der Waals surface area contributed by atoms with Crippen molar-refractivity contribution < 1.29 is 22.7 Å². The largest absolute Gasteiger partial charge is 0.383 e. The quantitative estimate of drug-likeness (QED) is 0.665. The molecule has 0 spiro atoms. The van der Waals surface area contributed by atoms with Crippen LogP contribution in [0.15, 0.2) is 30.3 Å². The van der Waals surface area contributed by atoms with Crippen LogP contribution >= 0.6 is 11.6 Å². The van der Waals surface area contributed by atoms with Crippen molar-refractivity contribution in [3.05, 3.63) is 75.4 Å². The molecule has 0 fully saturated rings. The van der Waals surface area contributed by atoms with Crippen LogP contribution in [0.4, 0.5) is 17.6 Å². The van der Waals surface area contributed by atoms with Gasteiger partial charge in [0.15, 0.2) is 0 Å². The molecule has 0 radical (unpaired) electrons. The second-order valence-corrected chi connectivity index (χ2v) is 6.19. The molecular formula is C18H13ClF4N2O. The van der Waals surface area contributed by atoms with E-state index in [0.29, 0.717) is 23.4 Å². The van der Waals surface area contributed by atoms with Crippen molar-refractivity contribution >= 4 is 11.6 Å². The molecule has 1 atom stereocenters. The van der Waals surface area contributed by atoms with Gasteiger partial charge in [0.25, 0.3) is 0 Å². The van der Waals surface area contributed by atoms with Crippen LogP contribution in [0, 0.1) is 30.2 Å². The van der Waals surface area contributed by atoms with Gasteiger partial charge in [0.2, 0.25) is 0 Å². The Bertz CT molecular complexity index is 980. The summed E-state index contributed by atoms with van der Waals surface area (Å²) in [7, 11) is 1.55. The number of halogens is 5. The first-order valence-corrected chi connectivity index (χ1v) is 7.90. The number of aliphatic hydroxyl groups excluding tert-OH is 1. The normalized spacial score (nSPS) is 12.5. The molecule has 3 aromatic rings. The first-order valence-electron chi connectivity index (χ1n) is 7.52. The van der Waals surface area contributed by atoms with Crippen molar-refractivity contribution in [2.75, 3.05) is 0 Å². The van der Waals surface area contributed by atoms with E-state index in [1.807, 2.05) is 0 Å². The summed E-state index contributed by atoms with van der Waals surface area (Å²) in [4.78, 5) is 0. The van der Waals surface area contributed by atoms with Crippen LogP contribution in [0.2, 0.25) is 5.02 Å². The molecular weight excluding hydrogens is 372 g/mol. The molecule has 1 unspecified atom stereocenters. The van der Waals surface area contributed by atoms with Gasteiger partial charge < -0.3 is 5.11 Å². The molecule has 26 heavy (non-hydrogen) atoms. The lowest BCUT2D eigenvalue weighted by atomic mass is 9.95. The number of hydrogen-bond acceptors (Lipinski definition) is 2. The molecule has 0 aliphatic carbocycles. The van der Waals surface area contributed by atoms with E-state index in [2.05, 4.69) is 5.10 Å². The summed E-state index contributed by atoms with van der Waals surface area (Å²) >= 11 is 6.09. The smallest absolute Gasteiger partial charge is 0.135 e. The topological polar surface area (TPSA) is 38.0 Å². The van der Waals surface area contributed by atoms with Crippen LogP contribution in [-0.2, 0) is 7.05 Å². The van der Waals surface area contributed by atoms with Crippen LogP contribution in [-0.4, -0.2) is 14.9 Å². The summed E-state index contributed by atoms with van der Waals surface area (Å²) in [5, 5.41) is 14.9. The third-order valence-corrected chi connectivity index (χ3v) is 4.36. The third-order valence-electron chi connectivity index (χ3n) is 4.05. The van der Waals surface area contributed by atoms with Gasteiger partial charge in [-0.25, -0.2) is 17.6 Å². The zero-order chi connectivity index (χ0) is 19.2. The van der Waals surface area contributed by atoms with Gasteiger partial charge in [-0.05, 0) is 25.1 Å². The number of nitrogens with zero attached hydrogens (tertiary/aromatic N) is 2. The van der Waals surface area contributed by atoms with Crippen LogP contribution in [0.1, 0.15) is 22.9 Å². The van der Waals surface area contributed by atoms with Crippen LogP contribution in [0.3, 0.4) is 0 Å². The lowest BCUT2D eigenvalue weighted by Gasteiger charge is -2.16. The van der Waals surface area contributed by atoms with Gasteiger partial charge in [-0.3, -0.25) is 4.68 Å². The van der Waals surface area contributed by atoms with Gasteiger partial charge in [-0.2, -0.15) is 5.10 Å². The summed E-state index contributed by atoms with van der Waals surface area (Å²) in [6.45, 7) is 1.54. The average Bonchev–Trinajstić information content (AvgIpc) is 2.80. The number of benzene rings is 2. The van der Waals surface area contributed by atoms with E-state index < -0.39 is 34.9 Å². The standard InChI is InChI=1S/C18H13ClF4N2O/c1-8-15(18(26)16-13(22)6-10(21)7-14(16)23)17(25(2)24-8)11-4-3-9(20)5-12(11)19/h3-7,18,26H,1-2H3. The van der Waals surface area contributed by atoms with E-state index in [1.165, 1.54) is 16.8 Å². The Labute approximate surface area is 151 Å². The molecule has 8 heteroatoms. The van der Waals surface area contributed by atoms with Crippen molar-refractivity contribution in [2.24, 2.45) is 7.05 Å². The minimum Gasteiger partial charge on any atom is -0.383 e. The maximum absolute atomic E-state index is 14.1. The number of aryl methyl sites for hydroxylation is 2. The average molecular weight is 385 g/mol. The fourth-order valence-electron chi connectivity index (χ4n) is 2.96. The second-order valence-electron chi connectivity index (χ2n) is 5.78. The SMILES string of the molecule is Cc1nn(C)c(-c2ccc(F)cc2Cl)c1C(O)c1c(F)cc(F)cc1F. The molecule has 0 saturated heterocycles. The maximum atomic E-state index is 14.1. The van der Waals surface area contributed by atoms with E-state index in [9.17, 15) is 22.7 Å². The highest BCUT2D eigenvalue weighted by molar-refractivity contribution is 6.33. The fraction of sp³-hybridized carbons (Fsp3) is 0.167. The van der Waals surface area contributed by atoms with E-state index >= 15 is 0 Å². The van der Waals surface area contributed by atoms with E-state index in [1.54, 1.807) is 14.0 Å². The Morgan fingerprint density at radius 1 is 1.00 bits per heavy atom. The van der Waals surface area contributed by atoms with Crippen LogP contribution < -0.4 is 0 Å². The second kappa shape index (κ2) is 6.74. The van der Waals surface area contributed by atoms with Gasteiger partial charge in [0, 0.05) is 30.3 Å². The lowest BCUT2D eigenvalue weighted by Crippen LogP contribution is -2.09. The molecule has 0 aliphatic rings. The van der Waals surface area contributed by atoms with Crippen LogP contribution in [0.5, 0.6) is 0 Å². The van der Waals surface area contributed by atoms with Gasteiger partial charge in [0.1, 0.15) is 29.4 Å². The van der Waals surface area contributed by atoms with Gasteiger partial charge >= 0.3 is 0 Å². The highest BCUT2D eigenvalue weighted by atomic mass is 35.5. The number of aliphatic hydroxyl groups is 1. The van der Waals surface area contributed by atoms with E-state index in [-0.39, 0.29) is 16.3 Å². The summed E-state index contributed by atoms with van der Waals surface area (Å²) < 4.78 is 56.1. The highest BCUT2D eigenvalue weighted by Gasteiger charge is 2.29. The molecule has 0 bridgehead atoms. The molecule has 0 amide bonds. The van der Waals surface area contributed by atoms with Crippen molar-refractivity contribution in [3.63, 3.8) is 0 Å². The van der Waals surface area contributed by atoms with Crippen molar-refractivity contribution in [1.82, 2.24) is 9.78 Å². The lowest BCUT2D eigenvalue weighted by molar-refractivity contribution is 0.208. The minimum absolute atomic E-state index is 0.0431. The maximum Gasteiger partial charge on any atom is 0.135 e. The predicted octanol–water partition coefficient (Wildman–Crippen LogP) is 4.69. The Morgan fingerprint density at radius 2 is 1.62 bits per heavy atom. The number of aromatic nitrogens is 2. The molecule has 3 rings (SSSR count). The van der Waals surface area contributed by atoms with Crippen molar-refractivity contribution in [1.29, 1.82) is 0 Å². The molecule has 2 aromatic carbocycles. The van der Waals surface area contributed by atoms with Gasteiger partial charge in [-0.15, -0.1) is 0 Å². The first-order chi connectivity index (χ1) is 12.2. The number of rotatable bonds is 3. The van der Waals surface area contributed by atoms with Crippen molar-refractivity contribution in [3.8, 4) is 11.3 Å². The van der Waals surface area contributed by atoms with Crippen molar-refractivity contribution in [2.45, 2.75) is 13.0 Å². The molecule has 3 nitrogen and oxygen atoms in total. The Hall–Kier alpha value is -2.38. The van der Waals surface area contributed by atoms with E-state index in [0.717, 1.165) is 6.07 Å². The molecule has 1 aromatic heterocycles. The third kappa shape index (κ3) is 3.08. The summed E-state index contributed by atoms with van der Waals surface area (Å²) in [6, 6.07) is 4.59. The Balaban J connectivity index is 2.24. The predicted molar refractivity (Wildman–Crippen MR) is 88.7 cm³/mol. The highest BCUT2D eigenvalue weighted by Crippen LogP contribution is 2.38. The Morgan fingerprint density at radius 3 is 2.19 bits per heavy atom.